The van der Waals surface area contributed by atoms with Crippen LogP contribution < -0.4 is 0 Å². The van der Waals surface area contributed by atoms with Gasteiger partial charge in [-0.2, -0.15) is 0 Å². The van der Waals surface area contributed by atoms with E-state index in [1.54, 1.807) is 7.11 Å². The van der Waals surface area contributed by atoms with Gasteiger partial charge in [-0.1, -0.05) is 81.3 Å². The van der Waals surface area contributed by atoms with Crippen molar-refractivity contribution in [3.63, 3.8) is 0 Å². The number of fused-ring (bicyclic) bond motifs is 2. The molecule has 6 rings (SSSR count). The molecule has 274 valence electrons. The molecule has 0 bridgehead atoms. The molecule has 0 spiro atoms. The van der Waals surface area contributed by atoms with Crippen molar-refractivity contribution in [2.24, 2.45) is 7.05 Å². The van der Waals surface area contributed by atoms with E-state index in [2.05, 4.69) is 42.7 Å². The van der Waals surface area contributed by atoms with Gasteiger partial charge in [-0.15, -0.1) is 0 Å². The highest BCUT2D eigenvalue weighted by Crippen LogP contribution is 2.36. The predicted molar refractivity (Wildman–Crippen MR) is 206 cm³/mol. The molecule has 0 radical (unpaired) electrons. The number of carbonyl (C=O) groups is 3. The average Bonchev–Trinajstić information content (AvgIpc) is 3.46. The maximum absolute atomic E-state index is 15.0. The average molecular weight is 703 g/mol. The highest BCUT2D eigenvalue weighted by atomic mass is 16.5. The van der Waals surface area contributed by atoms with Gasteiger partial charge in [-0.3, -0.25) is 14.4 Å². The van der Waals surface area contributed by atoms with Gasteiger partial charge in [0.05, 0.1) is 24.6 Å². The summed E-state index contributed by atoms with van der Waals surface area (Å²) in [4.78, 5) is 48.5. The van der Waals surface area contributed by atoms with Crippen LogP contribution in [0.1, 0.15) is 93.8 Å². The van der Waals surface area contributed by atoms with Gasteiger partial charge in [0.15, 0.2) is 0 Å². The number of aromatic nitrogens is 1. The lowest BCUT2D eigenvalue weighted by Crippen LogP contribution is -2.47. The number of hydrogen-bond acceptors (Lipinski definition) is 4. The summed E-state index contributed by atoms with van der Waals surface area (Å²) in [5.41, 5.74) is 9.32. The van der Waals surface area contributed by atoms with Crippen molar-refractivity contribution >= 4 is 17.7 Å². The molecule has 1 atom stereocenters. The topological polar surface area (TPSA) is 75.1 Å². The number of nitrogens with zero attached hydrogens (tertiary/aromatic N) is 4. The maximum Gasteiger partial charge on any atom is 0.255 e. The lowest BCUT2D eigenvalue weighted by Gasteiger charge is -2.37. The highest BCUT2D eigenvalue weighted by Gasteiger charge is 2.34. The molecule has 0 unspecified atom stereocenters. The van der Waals surface area contributed by atoms with Crippen LogP contribution in [-0.4, -0.2) is 76.4 Å². The molecule has 0 fully saturated rings. The molecule has 52 heavy (non-hydrogen) atoms. The van der Waals surface area contributed by atoms with E-state index in [9.17, 15) is 9.59 Å². The molecular formula is C44H54N4O4. The van der Waals surface area contributed by atoms with Crippen molar-refractivity contribution in [1.29, 1.82) is 0 Å². The first kappa shape index (κ1) is 37.1. The van der Waals surface area contributed by atoms with Crippen LogP contribution in [0.3, 0.4) is 0 Å². The first-order valence-corrected chi connectivity index (χ1v) is 19.0. The second kappa shape index (κ2) is 16.8. The molecule has 0 aliphatic carbocycles. The summed E-state index contributed by atoms with van der Waals surface area (Å²) >= 11 is 0. The molecular weight excluding hydrogens is 649 g/mol. The summed E-state index contributed by atoms with van der Waals surface area (Å²) in [7, 11) is 3.68. The molecule has 8 nitrogen and oxygen atoms in total. The van der Waals surface area contributed by atoms with Crippen molar-refractivity contribution in [3.05, 3.63) is 117 Å². The van der Waals surface area contributed by atoms with Crippen LogP contribution in [0.25, 0.3) is 11.3 Å². The van der Waals surface area contributed by atoms with Gasteiger partial charge in [-0.05, 0) is 78.6 Å². The standard InChI is InChI=1S/C44H54N4O4/c1-6-8-20-46(21-9-7-2)43(50)38-27-41(45(4)31(38)3)39-25-34-19-22-47(42(49)23-32-15-11-10-12-16-32)28-36(34)26-40(39)44(51)48-29-35-18-14-13-17-33(35)24-37(48)30-52-5/h10-18,25-27,37H,6-9,19-24,28-30H2,1-5H3/t37-/m0/s1. The Morgan fingerprint density at radius 1 is 0.827 bits per heavy atom. The summed E-state index contributed by atoms with van der Waals surface area (Å²) < 4.78 is 7.74. The smallest absolute Gasteiger partial charge is 0.255 e. The van der Waals surface area contributed by atoms with E-state index in [-0.39, 0.29) is 23.8 Å². The molecule has 0 N–H and O–H groups in total. The van der Waals surface area contributed by atoms with Crippen LogP contribution in [0.15, 0.2) is 72.8 Å². The molecule has 3 aromatic carbocycles. The number of carbonyl (C=O) groups excluding carboxylic acids is 3. The zero-order valence-electron chi connectivity index (χ0n) is 31.6. The van der Waals surface area contributed by atoms with Crippen LogP contribution >= 0.6 is 0 Å². The van der Waals surface area contributed by atoms with Gasteiger partial charge in [0.25, 0.3) is 11.8 Å². The fraction of sp³-hybridized carbons (Fsp3) is 0.432. The molecule has 8 heteroatoms. The molecule has 2 aliphatic rings. The number of benzene rings is 3. The summed E-state index contributed by atoms with van der Waals surface area (Å²) in [6.45, 7) is 9.75. The second-order valence-electron chi connectivity index (χ2n) is 14.5. The Hall–Kier alpha value is -4.69. The minimum absolute atomic E-state index is 0.0486. The number of amides is 3. The maximum atomic E-state index is 15.0. The molecule has 0 saturated heterocycles. The van der Waals surface area contributed by atoms with E-state index in [1.807, 2.05) is 77.2 Å². The van der Waals surface area contributed by atoms with E-state index in [0.717, 1.165) is 78.0 Å². The Labute approximate surface area is 309 Å². The first-order valence-electron chi connectivity index (χ1n) is 19.0. The van der Waals surface area contributed by atoms with Crippen LogP contribution in [0.2, 0.25) is 0 Å². The van der Waals surface area contributed by atoms with Crippen molar-refractivity contribution in [2.75, 3.05) is 33.4 Å². The number of methoxy groups -OCH3 is 1. The van der Waals surface area contributed by atoms with E-state index in [1.165, 1.54) is 5.56 Å². The lowest BCUT2D eigenvalue weighted by atomic mass is 9.89. The van der Waals surface area contributed by atoms with Crippen molar-refractivity contribution < 1.29 is 19.1 Å². The van der Waals surface area contributed by atoms with Crippen LogP contribution in [0.5, 0.6) is 0 Å². The van der Waals surface area contributed by atoms with Gasteiger partial charge in [0, 0.05) is 69.4 Å². The zero-order valence-corrected chi connectivity index (χ0v) is 31.6. The third-order valence-corrected chi connectivity index (χ3v) is 11.0. The van der Waals surface area contributed by atoms with E-state index < -0.39 is 0 Å². The Morgan fingerprint density at radius 3 is 2.21 bits per heavy atom. The monoisotopic (exact) mass is 702 g/mol. The Morgan fingerprint density at radius 2 is 1.52 bits per heavy atom. The van der Waals surface area contributed by atoms with Gasteiger partial charge in [0.1, 0.15) is 0 Å². The molecule has 2 aliphatic heterocycles. The van der Waals surface area contributed by atoms with Crippen molar-refractivity contribution in [1.82, 2.24) is 19.3 Å². The molecule has 3 heterocycles. The second-order valence-corrected chi connectivity index (χ2v) is 14.5. The van der Waals surface area contributed by atoms with Crippen LogP contribution in [0, 0.1) is 6.92 Å². The highest BCUT2D eigenvalue weighted by molar-refractivity contribution is 6.03. The van der Waals surface area contributed by atoms with Gasteiger partial charge >= 0.3 is 0 Å². The minimum atomic E-state index is -0.127. The third-order valence-electron chi connectivity index (χ3n) is 11.0. The van der Waals surface area contributed by atoms with E-state index in [0.29, 0.717) is 56.6 Å². The lowest BCUT2D eigenvalue weighted by molar-refractivity contribution is -0.131. The van der Waals surface area contributed by atoms with Gasteiger partial charge in [-0.25, -0.2) is 0 Å². The fourth-order valence-electron chi connectivity index (χ4n) is 7.77. The third kappa shape index (κ3) is 7.87. The summed E-state index contributed by atoms with van der Waals surface area (Å²) in [5.74, 6) is 0.0623. The number of ether oxygens (including phenoxy) is 1. The SMILES string of the molecule is CCCCN(CCCC)C(=O)c1cc(-c2cc3c(cc2C(=O)N2Cc4ccccc4C[C@H]2COC)CN(C(=O)Cc2ccccc2)CC3)n(C)c1C. The summed E-state index contributed by atoms with van der Waals surface area (Å²) in [6, 6.07) is 24.2. The van der Waals surface area contributed by atoms with Gasteiger partial charge < -0.3 is 24.0 Å². The predicted octanol–water partition coefficient (Wildman–Crippen LogP) is 7.38. The number of rotatable bonds is 13. The molecule has 3 amide bonds. The normalized spacial score (nSPS) is 15.3. The van der Waals surface area contributed by atoms with E-state index >= 15 is 4.79 Å². The van der Waals surface area contributed by atoms with Crippen LogP contribution in [0.4, 0.5) is 0 Å². The Kier molecular flexibility index (Phi) is 12.0. The Bertz CT molecular complexity index is 1890. The first-order chi connectivity index (χ1) is 25.2. The van der Waals surface area contributed by atoms with E-state index in [4.69, 9.17) is 4.74 Å². The van der Waals surface area contributed by atoms with Crippen LogP contribution in [-0.2, 0) is 48.9 Å². The molecule has 4 aromatic rings. The number of unbranched alkanes of at least 4 members (excludes halogenated alkanes) is 2. The zero-order chi connectivity index (χ0) is 36.8. The number of hydrogen-bond donors (Lipinski definition) is 0. The summed E-state index contributed by atoms with van der Waals surface area (Å²) in [6.07, 6.45) is 5.72. The quantitative estimate of drug-likeness (QED) is 0.146. The van der Waals surface area contributed by atoms with Gasteiger partial charge in [0.2, 0.25) is 5.91 Å². The fourth-order valence-corrected chi connectivity index (χ4v) is 7.77. The Balaban J connectivity index is 1.41. The summed E-state index contributed by atoms with van der Waals surface area (Å²) in [5, 5.41) is 0. The van der Waals surface area contributed by atoms with Crippen molar-refractivity contribution in [2.45, 2.75) is 84.8 Å². The molecule has 0 saturated carbocycles. The minimum Gasteiger partial charge on any atom is -0.383 e. The van der Waals surface area contributed by atoms with Crippen molar-refractivity contribution in [3.8, 4) is 11.3 Å². The largest absolute Gasteiger partial charge is 0.383 e. The molecule has 1 aromatic heterocycles.